The van der Waals surface area contributed by atoms with Gasteiger partial charge in [0.2, 0.25) is 5.91 Å². The summed E-state index contributed by atoms with van der Waals surface area (Å²) in [6, 6.07) is 5.78. The fourth-order valence-corrected chi connectivity index (χ4v) is 4.90. The monoisotopic (exact) mass is 384 g/mol. The van der Waals surface area contributed by atoms with Gasteiger partial charge < -0.3 is 15.3 Å². The number of hydrogen-bond acceptors (Lipinski definition) is 4. The van der Waals surface area contributed by atoms with Gasteiger partial charge in [-0.05, 0) is 48.6 Å². The Balaban J connectivity index is 1.60. The van der Waals surface area contributed by atoms with Crippen LogP contribution in [0.2, 0.25) is 0 Å². The molecule has 0 radical (unpaired) electrons. The SMILES string of the molecule is O=C(N[C@H]1CC=CC[C@@H]2CC[C@@H](C(=O)O)N2C1=O)c1cccc2ccsc12. The van der Waals surface area contributed by atoms with Crippen molar-refractivity contribution in [3.63, 3.8) is 0 Å². The van der Waals surface area contributed by atoms with Crippen LogP contribution in [0.3, 0.4) is 0 Å². The van der Waals surface area contributed by atoms with Crippen LogP contribution < -0.4 is 5.32 Å². The van der Waals surface area contributed by atoms with E-state index in [0.717, 1.165) is 10.1 Å². The molecule has 27 heavy (non-hydrogen) atoms. The zero-order valence-corrected chi connectivity index (χ0v) is 15.4. The normalized spacial score (nSPS) is 25.1. The highest BCUT2D eigenvalue weighted by Crippen LogP contribution is 2.30. The number of nitrogens with one attached hydrogen (secondary N) is 1. The molecule has 0 spiro atoms. The quantitative estimate of drug-likeness (QED) is 0.797. The lowest BCUT2D eigenvalue weighted by Gasteiger charge is -2.32. The molecule has 1 fully saturated rings. The summed E-state index contributed by atoms with van der Waals surface area (Å²) >= 11 is 1.48. The summed E-state index contributed by atoms with van der Waals surface area (Å²) in [6.07, 6.45) is 6.02. The van der Waals surface area contributed by atoms with E-state index in [1.807, 2.05) is 35.7 Å². The van der Waals surface area contributed by atoms with Crippen molar-refractivity contribution in [2.24, 2.45) is 0 Å². The number of nitrogens with zero attached hydrogens (tertiary/aromatic N) is 1. The van der Waals surface area contributed by atoms with Crippen LogP contribution in [0.25, 0.3) is 10.1 Å². The number of carbonyl (C=O) groups excluding carboxylic acids is 2. The topological polar surface area (TPSA) is 86.7 Å². The summed E-state index contributed by atoms with van der Waals surface area (Å²) in [5.41, 5.74) is 0.536. The average Bonchev–Trinajstić information content (AvgIpc) is 3.28. The minimum atomic E-state index is -0.983. The summed E-state index contributed by atoms with van der Waals surface area (Å²) in [5, 5.41) is 15.2. The van der Waals surface area contributed by atoms with E-state index < -0.39 is 18.1 Å². The van der Waals surface area contributed by atoms with Crippen molar-refractivity contribution in [3.8, 4) is 0 Å². The summed E-state index contributed by atoms with van der Waals surface area (Å²) in [4.78, 5) is 39.0. The lowest BCUT2D eigenvalue weighted by atomic mass is 10.0. The van der Waals surface area contributed by atoms with Gasteiger partial charge in [-0.25, -0.2) is 4.79 Å². The van der Waals surface area contributed by atoms with Gasteiger partial charge in [-0.1, -0.05) is 24.3 Å². The molecule has 6 nitrogen and oxygen atoms in total. The smallest absolute Gasteiger partial charge is 0.326 e. The van der Waals surface area contributed by atoms with Crippen molar-refractivity contribution < 1.29 is 19.5 Å². The maximum atomic E-state index is 13.1. The van der Waals surface area contributed by atoms with Crippen molar-refractivity contribution >= 4 is 39.2 Å². The summed E-state index contributed by atoms with van der Waals surface area (Å²) in [5.74, 6) is -1.59. The van der Waals surface area contributed by atoms with Crippen molar-refractivity contribution in [1.29, 1.82) is 0 Å². The van der Waals surface area contributed by atoms with Crippen molar-refractivity contribution in [2.75, 3.05) is 0 Å². The van der Waals surface area contributed by atoms with E-state index in [2.05, 4.69) is 5.32 Å². The second kappa shape index (κ2) is 7.15. The number of fused-ring (bicyclic) bond motifs is 2. The van der Waals surface area contributed by atoms with Gasteiger partial charge in [-0.15, -0.1) is 11.3 Å². The van der Waals surface area contributed by atoms with Crippen LogP contribution in [0.4, 0.5) is 0 Å². The summed E-state index contributed by atoms with van der Waals surface area (Å²) in [7, 11) is 0. The number of amides is 2. The maximum Gasteiger partial charge on any atom is 0.326 e. The first kappa shape index (κ1) is 17.7. The third kappa shape index (κ3) is 3.23. The molecule has 3 atom stereocenters. The number of benzene rings is 1. The second-order valence-electron chi connectivity index (χ2n) is 6.94. The number of hydrogen-bond donors (Lipinski definition) is 2. The molecule has 2 aromatic rings. The van der Waals surface area contributed by atoms with Crippen molar-refractivity contribution in [2.45, 2.75) is 43.8 Å². The van der Waals surface area contributed by atoms with E-state index in [-0.39, 0.29) is 17.9 Å². The maximum absolute atomic E-state index is 13.1. The van der Waals surface area contributed by atoms with E-state index in [1.54, 1.807) is 6.07 Å². The Morgan fingerprint density at radius 3 is 2.78 bits per heavy atom. The molecule has 1 aromatic carbocycles. The Kier molecular flexibility index (Phi) is 4.70. The molecule has 0 bridgehead atoms. The van der Waals surface area contributed by atoms with Gasteiger partial charge in [0, 0.05) is 10.7 Å². The van der Waals surface area contributed by atoms with Crippen molar-refractivity contribution in [1.82, 2.24) is 10.2 Å². The molecule has 2 N–H and O–H groups in total. The zero-order chi connectivity index (χ0) is 19.0. The van der Waals surface area contributed by atoms with Crippen LogP contribution in [0.1, 0.15) is 36.0 Å². The zero-order valence-electron chi connectivity index (χ0n) is 14.6. The average molecular weight is 384 g/mol. The molecule has 140 valence electrons. The predicted octanol–water partition coefficient (Wildman–Crippen LogP) is 2.79. The van der Waals surface area contributed by atoms with Gasteiger partial charge in [0.05, 0.1) is 5.56 Å². The summed E-state index contributed by atoms with van der Waals surface area (Å²) in [6.45, 7) is 0. The molecule has 4 rings (SSSR count). The first-order valence-electron chi connectivity index (χ1n) is 9.03. The van der Waals surface area contributed by atoms with E-state index in [1.165, 1.54) is 16.2 Å². The largest absolute Gasteiger partial charge is 0.480 e. The highest BCUT2D eigenvalue weighted by Gasteiger charge is 2.43. The molecule has 2 aliphatic heterocycles. The molecule has 2 amide bonds. The molecule has 2 aliphatic rings. The van der Waals surface area contributed by atoms with Gasteiger partial charge in [-0.3, -0.25) is 9.59 Å². The van der Waals surface area contributed by atoms with Gasteiger partial charge in [0.15, 0.2) is 0 Å². The highest BCUT2D eigenvalue weighted by atomic mass is 32.1. The van der Waals surface area contributed by atoms with Gasteiger partial charge in [-0.2, -0.15) is 0 Å². The first-order valence-corrected chi connectivity index (χ1v) is 9.91. The molecule has 0 unspecified atom stereocenters. The number of rotatable bonds is 3. The Labute approximate surface area is 160 Å². The Morgan fingerprint density at radius 1 is 1.15 bits per heavy atom. The Morgan fingerprint density at radius 2 is 1.96 bits per heavy atom. The van der Waals surface area contributed by atoms with E-state index in [9.17, 15) is 19.5 Å². The Hall–Kier alpha value is -2.67. The van der Waals surface area contributed by atoms with Gasteiger partial charge in [0.25, 0.3) is 5.91 Å². The number of thiophene rings is 1. The van der Waals surface area contributed by atoms with E-state index >= 15 is 0 Å². The molecular weight excluding hydrogens is 364 g/mol. The fraction of sp³-hybridized carbons (Fsp3) is 0.350. The first-order chi connectivity index (χ1) is 13.1. The van der Waals surface area contributed by atoms with Crippen molar-refractivity contribution in [3.05, 3.63) is 47.4 Å². The van der Waals surface area contributed by atoms with Crippen LogP contribution in [-0.4, -0.2) is 45.9 Å². The Bertz CT molecular complexity index is 935. The highest BCUT2D eigenvalue weighted by molar-refractivity contribution is 7.17. The van der Waals surface area contributed by atoms with Gasteiger partial charge in [0.1, 0.15) is 12.1 Å². The molecule has 1 aromatic heterocycles. The minimum absolute atomic E-state index is 0.115. The number of carboxylic acid groups (broad SMARTS) is 1. The van der Waals surface area contributed by atoms with Crippen LogP contribution in [-0.2, 0) is 9.59 Å². The molecule has 7 heteroatoms. The lowest BCUT2D eigenvalue weighted by Crippen LogP contribution is -2.54. The van der Waals surface area contributed by atoms with Gasteiger partial charge >= 0.3 is 5.97 Å². The number of carbonyl (C=O) groups is 3. The third-order valence-corrected chi connectivity index (χ3v) is 6.28. The summed E-state index contributed by atoms with van der Waals surface area (Å²) < 4.78 is 0.881. The van der Waals surface area contributed by atoms with Crippen LogP contribution in [0.15, 0.2) is 41.8 Å². The molecule has 3 heterocycles. The molecule has 1 saturated heterocycles. The van der Waals surface area contributed by atoms with Crippen LogP contribution in [0.5, 0.6) is 0 Å². The van der Waals surface area contributed by atoms with Crippen LogP contribution in [0, 0.1) is 0 Å². The third-order valence-electron chi connectivity index (χ3n) is 5.32. The van der Waals surface area contributed by atoms with Crippen LogP contribution >= 0.6 is 11.3 Å². The molecule has 0 aliphatic carbocycles. The predicted molar refractivity (Wildman–Crippen MR) is 103 cm³/mol. The van der Waals surface area contributed by atoms with E-state index in [0.29, 0.717) is 31.2 Å². The number of carboxylic acids is 1. The second-order valence-corrected chi connectivity index (χ2v) is 7.86. The molecular formula is C20H20N2O4S. The standard InChI is InChI=1S/C20H20N2O4S/c23-18(14-6-3-4-12-10-11-27-17(12)14)21-15-7-2-1-5-13-8-9-16(20(25)26)22(13)19(15)24/h1-4,6,10-11,13,15-16H,5,7-9H2,(H,21,23)(H,25,26)/t13-,15+,16+/m1/s1. The fourth-order valence-electron chi connectivity index (χ4n) is 3.99. The minimum Gasteiger partial charge on any atom is -0.480 e. The molecule has 0 saturated carbocycles. The van der Waals surface area contributed by atoms with E-state index in [4.69, 9.17) is 0 Å². The lowest BCUT2D eigenvalue weighted by molar-refractivity contribution is -0.150. The number of aliphatic carboxylic acids is 1.